The zero-order chi connectivity index (χ0) is 22.3. The molecular formula is C24H22N4O3S. The average molecular weight is 447 g/mol. The van der Waals surface area contributed by atoms with Crippen molar-refractivity contribution in [2.75, 3.05) is 17.7 Å². The zero-order valence-corrected chi connectivity index (χ0v) is 18.2. The molecule has 1 aromatic heterocycles. The Morgan fingerprint density at radius 1 is 1.00 bits per heavy atom. The molecule has 0 spiro atoms. The maximum Gasteiger partial charge on any atom is 0.234 e. The summed E-state index contributed by atoms with van der Waals surface area (Å²) < 4.78 is 7.33. The molecule has 0 fully saturated rings. The lowest BCUT2D eigenvalue weighted by Crippen LogP contribution is -2.14. The highest BCUT2D eigenvalue weighted by atomic mass is 32.2. The number of nitrogens with zero attached hydrogens (tertiary/aromatic N) is 3. The fraction of sp³-hybridized carbons (Fsp3) is 0.125. The molecule has 0 saturated carbocycles. The molecule has 0 aliphatic rings. The lowest BCUT2D eigenvalue weighted by atomic mass is 10.2. The first-order chi connectivity index (χ1) is 15.6. The van der Waals surface area contributed by atoms with Crippen molar-refractivity contribution in [3.05, 3.63) is 78.9 Å². The highest BCUT2D eigenvalue weighted by Gasteiger charge is 2.17. The molecule has 8 heteroatoms. The number of hydrogen-bond acceptors (Lipinski definition) is 6. The number of amides is 1. The van der Waals surface area contributed by atoms with Gasteiger partial charge in [0.15, 0.2) is 11.0 Å². The molecule has 3 aromatic carbocycles. The molecule has 0 unspecified atom stereocenters. The Kier molecular flexibility index (Phi) is 6.72. The van der Waals surface area contributed by atoms with Gasteiger partial charge in [0, 0.05) is 16.9 Å². The summed E-state index contributed by atoms with van der Waals surface area (Å²) in [7, 11) is 0. The molecule has 0 atom stereocenters. The van der Waals surface area contributed by atoms with Gasteiger partial charge in [-0.05, 0) is 67.6 Å². The van der Waals surface area contributed by atoms with E-state index in [2.05, 4.69) is 15.5 Å². The number of thioether (sulfide) groups is 1. The Morgan fingerprint density at radius 2 is 1.72 bits per heavy atom. The van der Waals surface area contributed by atoms with Gasteiger partial charge < -0.3 is 15.2 Å². The van der Waals surface area contributed by atoms with Crippen LogP contribution in [-0.4, -0.2) is 38.1 Å². The van der Waals surface area contributed by atoms with Crippen LogP contribution in [0, 0.1) is 0 Å². The van der Waals surface area contributed by atoms with Crippen molar-refractivity contribution in [1.29, 1.82) is 0 Å². The fourth-order valence-electron chi connectivity index (χ4n) is 3.10. The summed E-state index contributed by atoms with van der Waals surface area (Å²) in [4.78, 5) is 12.5. The van der Waals surface area contributed by atoms with E-state index in [1.165, 1.54) is 11.8 Å². The van der Waals surface area contributed by atoms with Gasteiger partial charge in [-0.15, -0.1) is 10.2 Å². The van der Waals surface area contributed by atoms with Gasteiger partial charge in [0.1, 0.15) is 11.5 Å². The van der Waals surface area contributed by atoms with Crippen LogP contribution < -0.4 is 10.1 Å². The molecule has 0 aliphatic heterocycles. The summed E-state index contributed by atoms with van der Waals surface area (Å²) in [6.07, 6.45) is 0. The van der Waals surface area contributed by atoms with Gasteiger partial charge in [-0.3, -0.25) is 9.36 Å². The van der Waals surface area contributed by atoms with E-state index >= 15 is 0 Å². The Hall–Kier alpha value is -3.78. The summed E-state index contributed by atoms with van der Waals surface area (Å²) in [5.41, 5.74) is 2.40. The minimum absolute atomic E-state index is 0.145. The number of carbonyl (C=O) groups excluding carboxylic acids is 1. The number of hydrogen-bond donors (Lipinski definition) is 2. The van der Waals surface area contributed by atoms with Crippen molar-refractivity contribution >= 4 is 23.4 Å². The van der Waals surface area contributed by atoms with E-state index < -0.39 is 0 Å². The topological polar surface area (TPSA) is 89.3 Å². The molecule has 4 rings (SSSR count). The molecule has 32 heavy (non-hydrogen) atoms. The average Bonchev–Trinajstić information content (AvgIpc) is 3.24. The molecule has 2 N–H and O–H groups in total. The summed E-state index contributed by atoms with van der Waals surface area (Å²) >= 11 is 1.30. The summed E-state index contributed by atoms with van der Waals surface area (Å²) in [5, 5.41) is 21.8. The SMILES string of the molecule is CCOc1ccc(NC(=O)CSc2nnc(-c3ccc(O)cc3)n2-c2ccccc2)cc1. The monoisotopic (exact) mass is 446 g/mol. The molecular weight excluding hydrogens is 424 g/mol. The number of carbonyl (C=O) groups is 1. The predicted molar refractivity (Wildman–Crippen MR) is 125 cm³/mol. The largest absolute Gasteiger partial charge is 0.508 e. The highest BCUT2D eigenvalue weighted by Crippen LogP contribution is 2.29. The Labute approximate surface area is 190 Å². The zero-order valence-electron chi connectivity index (χ0n) is 17.4. The molecule has 0 radical (unpaired) electrons. The van der Waals surface area contributed by atoms with Gasteiger partial charge in [-0.2, -0.15) is 0 Å². The number of phenolic OH excluding ortho intramolecular Hbond substituents is 1. The molecule has 162 valence electrons. The third kappa shape index (κ3) is 5.09. The molecule has 1 amide bonds. The minimum Gasteiger partial charge on any atom is -0.508 e. The number of aromatic hydroxyl groups is 1. The van der Waals surface area contributed by atoms with E-state index in [1.807, 2.05) is 66.1 Å². The van der Waals surface area contributed by atoms with Gasteiger partial charge in [0.2, 0.25) is 5.91 Å². The second-order valence-corrected chi connectivity index (χ2v) is 7.76. The van der Waals surface area contributed by atoms with E-state index in [4.69, 9.17) is 4.74 Å². The van der Waals surface area contributed by atoms with Crippen LogP contribution in [-0.2, 0) is 4.79 Å². The first kappa shape index (κ1) is 21.5. The van der Waals surface area contributed by atoms with Crippen molar-refractivity contribution in [3.63, 3.8) is 0 Å². The van der Waals surface area contributed by atoms with Gasteiger partial charge in [0.25, 0.3) is 0 Å². The summed E-state index contributed by atoms with van der Waals surface area (Å²) in [5.74, 6) is 1.60. The minimum atomic E-state index is -0.145. The molecule has 0 aliphatic carbocycles. The fourth-order valence-corrected chi connectivity index (χ4v) is 3.85. The van der Waals surface area contributed by atoms with Crippen LogP contribution in [0.15, 0.2) is 84.0 Å². The smallest absolute Gasteiger partial charge is 0.234 e. The Bertz CT molecular complexity index is 1180. The molecule has 7 nitrogen and oxygen atoms in total. The van der Waals surface area contributed by atoms with Crippen LogP contribution in [0.3, 0.4) is 0 Å². The van der Waals surface area contributed by atoms with Gasteiger partial charge in [-0.1, -0.05) is 30.0 Å². The third-order valence-electron chi connectivity index (χ3n) is 4.55. The number of anilines is 1. The van der Waals surface area contributed by atoms with E-state index in [0.717, 1.165) is 17.0 Å². The third-order valence-corrected chi connectivity index (χ3v) is 5.48. The lowest BCUT2D eigenvalue weighted by molar-refractivity contribution is -0.113. The first-order valence-corrected chi connectivity index (χ1v) is 11.1. The summed E-state index contributed by atoms with van der Waals surface area (Å²) in [6, 6.07) is 23.8. The number of phenols is 1. The van der Waals surface area contributed by atoms with Gasteiger partial charge in [0.05, 0.1) is 12.4 Å². The molecule has 1 heterocycles. The van der Waals surface area contributed by atoms with Crippen molar-refractivity contribution in [3.8, 4) is 28.6 Å². The van der Waals surface area contributed by atoms with Gasteiger partial charge in [-0.25, -0.2) is 0 Å². The van der Waals surface area contributed by atoms with Crippen LogP contribution in [0.5, 0.6) is 11.5 Å². The Morgan fingerprint density at radius 3 is 2.41 bits per heavy atom. The number of para-hydroxylation sites is 1. The van der Waals surface area contributed by atoms with Gasteiger partial charge >= 0.3 is 0 Å². The summed E-state index contributed by atoms with van der Waals surface area (Å²) in [6.45, 7) is 2.52. The number of nitrogens with one attached hydrogen (secondary N) is 1. The van der Waals surface area contributed by atoms with Crippen LogP contribution >= 0.6 is 11.8 Å². The number of aromatic nitrogens is 3. The van der Waals surface area contributed by atoms with E-state index in [0.29, 0.717) is 23.3 Å². The first-order valence-electron chi connectivity index (χ1n) is 10.1. The Balaban J connectivity index is 1.52. The van der Waals surface area contributed by atoms with Crippen LogP contribution in [0.1, 0.15) is 6.92 Å². The van der Waals surface area contributed by atoms with Crippen molar-refractivity contribution in [2.24, 2.45) is 0 Å². The second-order valence-electron chi connectivity index (χ2n) is 6.82. The van der Waals surface area contributed by atoms with Crippen molar-refractivity contribution in [2.45, 2.75) is 12.1 Å². The van der Waals surface area contributed by atoms with E-state index in [1.54, 1.807) is 24.3 Å². The molecule has 0 bridgehead atoms. The number of rotatable bonds is 8. The van der Waals surface area contributed by atoms with E-state index in [-0.39, 0.29) is 17.4 Å². The van der Waals surface area contributed by atoms with Crippen molar-refractivity contribution < 1.29 is 14.6 Å². The standard InChI is InChI=1S/C24H22N4O3S/c1-2-31-21-14-10-18(11-15-21)25-22(30)16-32-24-27-26-23(17-8-12-20(29)13-9-17)28(24)19-6-4-3-5-7-19/h3-15,29H,2,16H2,1H3,(H,25,30). The predicted octanol–water partition coefficient (Wildman–Crippen LogP) is 4.77. The molecule has 0 saturated heterocycles. The highest BCUT2D eigenvalue weighted by molar-refractivity contribution is 7.99. The second kappa shape index (κ2) is 10.0. The van der Waals surface area contributed by atoms with Crippen LogP contribution in [0.25, 0.3) is 17.1 Å². The molecule has 4 aromatic rings. The van der Waals surface area contributed by atoms with Crippen LogP contribution in [0.2, 0.25) is 0 Å². The van der Waals surface area contributed by atoms with Crippen LogP contribution in [0.4, 0.5) is 5.69 Å². The lowest BCUT2D eigenvalue weighted by Gasteiger charge is -2.11. The quantitative estimate of drug-likeness (QED) is 0.379. The van der Waals surface area contributed by atoms with Crippen molar-refractivity contribution in [1.82, 2.24) is 14.8 Å². The number of benzene rings is 3. The number of ether oxygens (including phenoxy) is 1. The normalized spacial score (nSPS) is 10.7. The van der Waals surface area contributed by atoms with E-state index in [9.17, 15) is 9.90 Å². The maximum absolute atomic E-state index is 12.5. The maximum atomic E-state index is 12.5.